The molecule has 0 saturated heterocycles. The maximum atomic E-state index is 11.1. The molecule has 0 bridgehead atoms. The van der Waals surface area contributed by atoms with Gasteiger partial charge >= 0.3 is 0 Å². The van der Waals surface area contributed by atoms with Crippen LogP contribution in [0.15, 0.2) is 24.3 Å². The van der Waals surface area contributed by atoms with Gasteiger partial charge in [0, 0.05) is 17.8 Å². The molecule has 5 heteroatoms. The second-order valence-electron chi connectivity index (χ2n) is 5.72. The van der Waals surface area contributed by atoms with Gasteiger partial charge in [-0.25, -0.2) is 0 Å². The van der Waals surface area contributed by atoms with Crippen LogP contribution in [-0.4, -0.2) is 28.5 Å². The topological polar surface area (TPSA) is 80.4 Å². The number of unbranched alkanes of at least 4 members (excludes halogenated alkanes) is 6. The largest absolute Gasteiger partial charge is 0.386 e. The quantitative estimate of drug-likeness (QED) is 0.212. The van der Waals surface area contributed by atoms with E-state index in [4.69, 9.17) is 0 Å². The SMILES string of the molecule is CCCCC/C=C\CC(O)C(C/C=C\CCCC[C]=O)[N+](=O)[O-]. The van der Waals surface area contributed by atoms with Crippen molar-refractivity contribution in [3.05, 3.63) is 34.4 Å². The normalized spacial score (nSPS) is 14.3. The third-order valence-corrected chi connectivity index (χ3v) is 3.68. The predicted molar refractivity (Wildman–Crippen MR) is 92.6 cm³/mol. The fourth-order valence-corrected chi connectivity index (χ4v) is 2.22. The van der Waals surface area contributed by atoms with Gasteiger partial charge in [-0.1, -0.05) is 44.1 Å². The lowest BCUT2D eigenvalue weighted by atomic mass is 10.0. The number of carbonyl (C=O) groups excluding carboxylic acids is 1. The number of hydrogen-bond acceptors (Lipinski definition) is 4. The monoisotopic (exact) mass is 324 g/mol. The van der Waals surface area contributed by atoms with E-state index < -0.39 is 17.1 Å². The number of nitro groups is 1. The molecular formula is C18H30NO4. The zero-order valence-corrected chi connectivity index (χ0v) is 14.2. The average molecular weight is 324 g/mol. The van der Waals surface area contributed by atoms with Crippen molar-refractivity contribution >= 4 is 6.29 Å². The fraction of sp³-hybridized carbons (Fsp3) is 0.722. The van der Waals surface area contributed by atoms with Crippen molar-refractivity contribution in [1.82, 2.24) is 0 Å². The standard InChI is InChI=1S/C18H30NO4/c1-2-3-4-5-9-12-15-18(21)17(19(22)23)14-11-8-6-7-10-13-16-20/h8-9,11-12,17-18,21H,2-7,10,13-15H2,1H3/b11-8-,12-9-. The summed E-state index contributed by atoms with van der Waals surface area (Å²) in [4.78, 5) is 20.7. The van der Waals surface area contributed by atoms with Crippen molar-refractivity contribution in [3.63, 3.8) is 0 Å². The van der Waals surface area contributed by atoms with Crippen molar-refractivity contribution in [3.8, 4) is 0 Å². The molecule has 0 aliphatic rings. The van der Waals surface area contributed by atoms with Crippen LogP contribution < -0.4 is 0 Å². The Hall–Kier alpha value is -1.49. The number of nitrogens with zero attached hydrogens (tertiary/aromatic N) is 1. The molecule has 2 unspecified atom stereocenters. The second kappa shape index (κ2) is 15.4. The Balaban J connectivity index is 4.05. The molecule has 0 spiro atoms. The van der Waals surface area contributed by atoms with Crippen molar-refractivity contribution < 1.29 is 14.8 Å². The van der Waals surface area contributed by atoms with Gasteiger partial charge in [-0.3, -0.25) is 14.9 Å². The van der Waals surface area contributed by atoms with E-state index in [1.807, 2.05) is 24.5 Å². The van der Waals surface area contributed by atoms with Gasteiger partial charge in [-0.2, -0.15) is 0 Å². The van der Waals surface area contributed by atoms with Gasteiger partial charge in [0.15, 0.2) is 6.29 Å². The van der Waals surface area contributed by atoms with Crippen LogP contribution >= 0.6 is 0 Å². The Bertz CT molecular complexity index is 366. The van der Waals surface area contributed by atoms with Gasteiger partial charge in [0.25, 0.3) is 0 Å². The van der Waals surface area contributed by atoms with Crippen LogP contribution in [0.3, 0.4) is 0 Å². The van der Waals surface area contributed by atoms with Gasteiger partial charge in [0.2, 0.25) is 6.04 Å². The molecule has 1 radical (unpaired) electrons. The minimum atomic E-state index is -0.963. The predicted octanol–water partition coefficient (Wildman–Crippen LogP) is 4.14. The lowest BCUT2D eigenvalue weighted by Gasteiger charge is -2.12. The summed E-state index contributed by atoms with van der Waals surface area (Å²) in [5.74, 6) is 0. The number of aliphatic hydroxyl groups is 1. The molecular weight excluding hydrogens is 294 g/mol. The smallest absolute Gasteiger partial charge is 0.242 e. The Labute approximate surface area is 139 Å². The molecule has 0 saturated carbocycles. The number of hydrogen-bond donors (Lipinski definition) is 1. The van der Waals surface area contributed by atoms with E-state index >= 15 is 0 Å². The average Bonchev–Trinajstić information content (AvgIpc) is 2.52. The van der Waals surface area contributed by atoms with Crippen molar-refractivity contribution in [2.75, 3.05) is 0 Å². The van der Waals surface area contributed by atoms with E-state index in [9.17, 15) is 20.0 Å². The van der Waals surface area contributed by atoms with Crippen LogP contribution in [0.5, 0.6) is 0 Å². The highest BCUT2D eigenvalue weighted by molar-refractivity contribution is 5.50. The Morgan fingerprint density at radius 3 is 2.22 bits per heavy atom. The summed E-state index contributed by atoms with van der Waals surface area (Å²) in [7, 11) is 0. The van der Waals surface area contributed by atoms with Crippen LogP contribution in [0.1, 0.15) is 71.1 Å². The van der Waals surface area contributed by atoms with E-state index in [0.29, 0.717) is 12.8 Å². The first kappa shape index (κ1) is 21.5. The summed E-state index contributed by atoms with van der Waals surface area (Å²) in [5, 5.41) is 21.0. The molecule has 0 aromatic heterocycles. The first-order chi connectivity index (χ1) is 11.1. The third-order valence-electron chi connectivity index (χ3n) is 3.68. The van der Waals surface area contributed by atoms with Crippen LogP contribution in [-0.2, 0) is 4.79 Å². The lowest BCUT2D eigenvalue weighted by Crippen LogP contribution is -2.32. The highest BCUT2D eigenvalue weighted by atomic mass is 16.6. The maximum absolute atomic E-state index is 11.1. The molecule has 0 aliphatic heterocycles. The first-order valence-corrected chi connectivity index (χ1v) is 8.60. The van der Waals surface area contributed by atoms with Crippen LogP contribution in [0.25, 0.3) is 0 Å². The first-order valence-electron chi connectivity index (χ1n) is 8.60. The molecule has 0 amide bonds. The Kier molecular flexibility index (Phi) is 14.4. The van der Waals surface area contributed by atoms with Gasteiger partial charge in [-0.05, 0) is 38.5 Å². The van der Waals surface area contributed by atoms with Crippen molar-refractivity contribution in [2.24, 2.45) is 0 Å². The zero-order valence-electron chi connectivity index (χ0n) is 14.2. The van der Waals surface area contributed by atoms with Crippen LogP contribution in [0, 0.1) is 10.1 Å². The minimum absolute atomic E-state index is 0.234. The summed E-state index contributed by atoms with van der Waals surface area (Å²) in [6.45, 7) is 2.14. The van der Waals surface area contributed by atoms with Crippen molar-refractivity contribution in [2.45, 2.75) is 83.3 Å². The van der Waals surface area contributed by atoms with Crippen LogP contribution in [0.4, 0.5) is 0 Å². The van der Waals surface area contributed by atoms with E-state index in [0.717, 1.165) is 32.1 Å². The number of rotatable bonds is 15. The Morgan fingerprint density at radius 1 is 1.04 bits per heavy atom. The summed E-state index contributed by atoms with van der Waals surface area (Å²) in [6, 6.07) is -0.963. The summed E-state index contributed by atoms with van der Waals surface area (Å²) < 4.78 is 0. The summed E-state index contributed by atoms with van der Waals surface area (Å²) in [5.41, 5.74) is 0. The van der Waals surface area contributed by atoms with Gasteiger partial charge < -0.3 is 5.11 Å². The van der Waals surface area contributed by atoms with Crippen LogP contribution in [0.2, 0.25) is 0 Å². The molecule has 0 rings (SSSR count). The van der Waals surface area contributed by atoms with Crippen molar-refractivity contribution in [1.29, 1.82) is 0 Å². The molecule has 0 fully saturated rings. The highest BCUT2D eigenvalue weighted by Gasteiger charge is 2.27. The maximum Gasteiger partial charge on any atom is 0.242 e. The molecule has 2 atom stereocenters. The van der Waals surface area contributed by atoms with E-state index in [1.54, 1.807) is 6.08 Å². The highest BCUT2D eigenvalue weighted by Crippen LogP contribution is 2.11. The molecule has 131 valence electrons. The lowest BCUT2D eigenvalue weighted by molar-refractivity contribution is -0.533. The van der Waals surface area contributed by atoms with E-state index in [2.05, 4.69) is 6.92 Å². The molecule has 5 nitrogen and oxygen atoms in total. The summed E-state index contributed by atoms with van der Waals surface area (Å²) >= 11 is 0. The molecule has 0 heterocycles. The number of allylic oxidation sites excluding steroid dienone is 2. The molecule has 1 N–H and O–H groups in total. The zero-order chi connectivity index (χ0) is 17.3. The molecule has 0 aromatic rings. The summed E-state index contributed by atoms with van der Waals surface area (Å²) in [6.07, 6.45) is 16.2. The Morgan fingerprint density at radius 2 is 1.65 bits per heavy atom. The fourth-order valence-electron chi connectivity index (χ4n) is 2.22. The van der Waals surface area contributed by atoms with Gasteiger partial charge in [0.05, 0.1) is 0 Å². The molecule has 0 aromatic carbocycles. The van der Waals surface area contributed by atoms with Gasteiger partial charge in [-0.15, -0.1) is 0 Å². The minimum Gasteiger partial charge on any atom is -0.386 e. The second-order valence-corrected chi connectivity index (χ2v) is 5.72. The third kappa shape index (κ3) is 12.7. The van der Waals surface area contributed by atoms with Gasteiger partial charge in [0.1, 0.15) is 6.10 Å². The number of aliphatic hydroxyl groups excluding tert-OH is 1. The molecule has 23 heavy (non-hydrogen) atoms. The van der Waals surface area contributed by atoms with E-state index in [1.165, 1.54) is 12.8 Å². The van der Waals surface area contributed by atoms with E-state index in [-0.39, 0.29) is 6.42 Å². The molecule has 0 aliphatic carbocycles.